The molecular formula is C12H18N2O2. The highest BCUT2D eigenvalue weighted by atomic mass is 16.7. The fourth-order valence-electron chi connectivity index (χ4n) is 2.86. The summed E-state index contributed by atoms with van der Waals surface area (Å²) in [5.41, 5.74) is 0.932. The number of hydrogen-bond acceptors (Lipinski definition) is 3. The number of hydrogen-bond donors (Lipinski definition) is 1. The molecule has 2 atom stereocenters. The highest BCUT2D eigenvalue weighted by Gasteiger charge is 2.34. The van der Waals surface area contributed by atoms with E-state index in [-0.39, 0.29) is 11.9 Å². The van der Waals surface area contributed by atoms with Crippen LogP contribution in [0.4, 0.5) is 0 Å². The summed E-state index contributed by atoms with van der Waals surface area (Å²) in [6.07, 6.45) is 7.55. The molecular weight excluding hydrogens is 204 g/mol. The third-order valence-electron chi connectivity index (χ3n) is 3.72. The number of carbonyl (C=O) groups excluding carboxylic acids is 1. The lowest BCUT2D eigenvalue weighted by Crippen LogP contribution is -2.37. The minimum atomic E-state index is 0.0811. The molecule has 3 rings (SSSR count). The average Bonchev–Trinajstić information content (AvgIpc) is 2.87. The van der Waals surface area contributed by atoms with Gasteiger partial charge in [0.1, 0.15) is 0 Å². The first kappa shape index (κ1) is 10.3. The molecule has 4 heteroatoms. The Morgan fingerprint density at radius 3 is 3.19 bits per heavy atom. The Bertz CT molecular complexity index is 321. The molecule has 0 saturated carbocycles. The standard InChI is InChI=1S/C12H18N2O2/c15-12(14-7-2-8-16-14)10-4-1-3-9-5-6-11(10)13-9/h4,9,11,13H,1-3,5-8H2/t9?,11-/m0/s1. The molecule has 3 heterocycles. The number of amides is 1. The summed E-state index contributed by atoms with van der Waals surface area (Å²) < 4.78 is 0. The molecule has 2 bridgehead atoms. The zero-order valence-corrected chi connectivity index (χ0v) is 9.45. The van der Waals surface area contributed by atoms with Crippen molar-refractivity contribution < 1.29 is 9.63 Å². The van der Waals surface area contributed by atoms with Crippen LogP contribution < -0.4 is 5.32 Å². The van der Waals surface area contributed by atoms with Crippen molar-refractivity contribution in [1.82, 2.24) is 10.4 Å². The molecule has 0 aliphatic carbocycles. The van der Waals surface area contributed by atoms with Gasteiger partial charge >= 0.3 is 0 Å². The molecule has 88 valence electrons. The van der Waals surface area contributed by atoms with Crippen LogP contribution in [0.15, 0.2) is 11.6 Å². The second-order valence-electron chi connectivity index (χ2n) is 4.82. The van der Waals surface area contributed by atoms with Crippen molar-refractivity contribution in [1.29, 1.82) is 0 Å². The van der Waals surface area contributed by atoms with Gasteiger partial charge in [0.25, 0.3) is 5.91 Å². The van der Waals surface area contributed by atoms with Gasteiger partial charge in [0, 0.05) is 17.7 Å². The minimum Gasteiger partial charge on any atom is -0.307 e. The van der Waals surface area contributed by atoms with Gasteiger partial charge in [0.15, 0.2) is 0 Å². The van der Waals surface area contributed by atoms with Crippen molar-refractivity contribution >= 4 is 5.91 Å². The first-order valence-electron chi connectivity index (χ1n) is 6.25. The van der Waals surface area contributed by atoms with Gasteiger partial charge in [-0.25, -0.2) is 5.06 Å². The maximum Gasteiger partial charge on any atom is 0.274 e. The summed E-state index contributed by atoms with van der Waals surface area (Å²) in [7, 11) is 0. The molecule has 4 nitrogen and oxygen atoms in total. The highest BCUT2D eigenvalue weighted by molar-refractivity contribution is 5.94. The SMILES string of the molecule is O=C(C1=CCCC2CC[C@@H]1N2)N1CCCO1. The molecule has 2 fully saturated rings. The van der Waals surface area contributed by atoms with Crippen molar-refractivity contribution in [3.05, 3.63) is 11.6 Å². The van der Waals surface area contributed by atoms with Crippen molar-refractivity contribution in [2.75, 3.05) is 13.2 Å². The lowest BCUT2D eigenvalue weighted by atomic mass is 9.99. The van der Waals surface area contributed by atoms with Crippen LogP contribution in [0.25, 0.3) is 0 Å². The number of fused-ring (bicyclic) bond motifs is 2. The maximum atomic E-state index is 12.2. The first-order valence-corrected chi connectivity index (χ1v) is 6.25. The molecule has 1 unspecified atom stereocenters. The van der Waals surface area contributed by atoms with Crippen LogP contribution in [0, 0.1) is 0 Å². The van der Waals surface area contributed by atoms with Gasteiger partial charge in [-0.1, -0.05) is 6.08 Å². The van der Waals surface area contributed by atoms with Crippen LogP contribution >= 0.6 is 0 Å². The number of carbonyl (C=O) groups is 1. The first-order chi connectivity index (χ1) is 7.84. The smallest absolute Gasteiger partial charge is 0.274 e. The van der Waals surface area contributed by atoms with E-state index in [0.29, 0.717) is 12.6 Å². The van der Waals surface area contributed by atoms with Gasteiger partial charge in [-0.15, -0.1) is 0 Å². The Hall–Kier alpha value is -0.870. The van der Waals surface area contributed by atoms with E-state index in [1.54, 1.807) is 0 Å². The molecule has 0 aromatic carbocycles. The summed E-state index contributed by atoms with van der Waals surface area (Å²) in [5, 5.41) is 5.07. The van der Waals surface area contributed by atoms with E-state index >= 15 is 0 Å². The topological polar surface area (TPSA) is 41.6 Å². The molecule has 2 saturated heterocycles. The number of nitrogens with one attached hydrogen (secondary N) is 1. The zero-order valence-electron chi connectivity index (χ0n) is 9.45. The van der Waals surface area contributed by atoms with Crippen molar-refractivity contribution in [3.63, 3.8) is 0 Å². The van der Waals surface area contributed by atoms with Gasteiger partial charge in [-0.2, -0.15) is 0 Å². The molecule has 0 spiro atoms. The second kappa shape index (κ2) is 4.18. The van der Waals surface area contributed by atoms with E-state index in [1.807, 2.05) is 0 Å². The summed E-state index contributed by atoms with van der Waals surface area (Å²) in [6, 6.07) is 0.884. The molecule has 1 N–H and O–H groups in total. The predicted molar refractivity (Wildman–Crippen MR) is 59.5 cm³/mol. The summed E-state index contributed by atoms with van der Waals surface area (Å²) in [6.45, 7) is 1.42. The average molecular weight is 222 g/mol. The van der Waals surface area contributed by atoms with Gasteiger partial charge in [-0.05, 0) is 32.1 Å². The third-order valence-corrected chi connectivity index (χ3v) is 3.72. The van der Waals surface area contributed by atoms with E-state index in [0.717, 1.165) is 37.8 Å². The van der Waals surface area contributed by atoms with Gasteiger partial charge in [0.05, 0.1) is 13.2 Å². The van der Waals surface area contributed by atoms with E-state index in [1.165, 1.54) is 11.5 Å². The molecule has 3 aliphatic rings. The molecule has 1 amide bonds. The molecule has 3 aliphatic heterocycles. The van der Waals surface area contributed by atoms with Crippen molar-refractivity contribution in [2.45, 2.75) is 44.2 Å². The summed E-state index contributed by atoms with van der Waals surface area (Å²) >= 11 is 0. The monoisotopic (exact) mass is 222 g/mol. The van der Waals surface area contributed by atoms with Crippen LogP contribution in [0.5, 0.6) is 0 Å². The normalized spacial score (nSPS) is 33.8. The Labute approximate surface area is 95.6 Å². The zero-order chi connectivity index (χ0) is 11.0. The number of rotatable bonds is 1. The van der Waals surface area contributed by atoms with Crippen molar-refractivity contribution in [3.8, 4) is 0 Å². The predicted octanol–water partition coefficient (Wildman–Crippen LogP) is 0.991. The maximum absolute atomic E-state index is 12.2. The van der Waals surface area contributed by atoms with Gasteiger partial charge in [-0.3, -0.25) is 9.63 Å². The van der Waals surface area contributed by atoms with Crippen LogP contribution in [0.3, 0.4) is 0 Å². The summed E-state index contributed by atoms with van der Waals surface area (Å²) in [4.78, 5) is 17.6. The fourth-order valence-corrected chi connectivity index (χ4v) is 2.86. The minimum absolute atomic E-state index is 0.0811. The van der Waals surface area contributed by atoms with Crippen LogP contribution in [-0.2, 0) is 9.63 Å². The van der Waals surface area contributed by atoms with E-state index < -0.39 is 0 Å². The summed E-state index contributed by atoms with van der Waals surface area (Å²) in [5.74, 6) is 0.0811. The number of nitrogens with zero attached hydrogens (tertiary/aromatic N) is 1. The molecule has 16 heavy (non-hydrogen) atoms. The fraction of sp³-hybridized carbons (Fsp3) is 0.750. The van der Waals surface area contributed by atoms with Crippen LogP contribution in [-0.4, -0.2) is 36.2 Å². The Morgan fingerprint density at radius 2 is 2.38 bits per heavy atom. The van der Waals surface area contributed by atoms with Crippen molar-refractivity contribution in [2.24, 2.45) is 0 Å². The molecule has 0 aromatic rings. The highest BCUT2D eigenvalue weighted by Crippen LogP contribution is 2.27. The van der Waals surface area contributed by atoms with E-state index in [4.69, 9.17) is 4.84 Å². The Morgan fingerprint density at radius 1 is 1.44 bits per heavy atom. The largest absolute Gasteiger partial charge is 0.307 e. The van der Waals surface area contributed by atoms with Gasteiger partial charge < -0.3 is 5.32 Å². The quantitative estimate of drug-likeness (QED) is 0.719. The van der Waals surface area contributed by atoms with Gasteiger partial charge in [0.2, 0.25) is 0 Å². The van der Waals surface area contributed by atoms with E-state index in [2.05, 4.69) is 11.4 Å². The molecule has 0 aromatic heterocycles. The lowest BCUT2D eigenvalue weighted by molar-refractivity contribution is -0.164. The molecule has 0 radical (unpaired) electrons. The Kier molecular flexibility index (Phi) is 2.69. The number of hydroxylamine groups is 2. The Balaban J connectivity index is 1.76. The van der Waals surface area contributed by atoms with Crippen LogP contribution in [0.2, 0.25) is 0 Å². The van der Waals surface area contributed by atoms with E-state index in [9.17, 15) is 4.79 Å². The number of allylic oxidation sites excluding steroid dienone is 1. The van der Waals surface area contributed by atoms with Crippen LogP contribution in [0.1, 0.15) is 32.1 Å². The lowest BCUT2D eigenvalue weighted by Gasteiger charge is -2.19. The second-order valence-corrected chi connectivity index (χ2v) is 4.82. The third kappa shape index (κ3) is 1.76.